The van der Waals surface area contributed by atoms with E-state index >= 15 is 0 Å². The van der Waals surface area contributed by atoms with Crippen LogP contribution in [0.1, 0.15) is 6.92 Å². The van der Waals surface area contributed by atoms with Crippen molar-refractivity contribution in [3.8, 4) is 5.75 Å². The van der Waals surface area contributed by atoms with E-state index in [1.54, 1.807) is 31.4 Å². The van der Waals surface area contributed by atoms with Crippen LogP contribution in [0.4, 0.5) is 10.5 Å². The van der Waals surface area contributed by atoms with Crippen molar-refractivity contribution < 1.29 is 14.3 Å². The Morgan fingerprint density at radius 3 is 2.71 bits per heavy atom. The molecule has 6 heteroatoms. The van der Waals surface area contributed by atoms with Crippen LogP contribution in [-0.4, -0.2) is 25.7 Å². The Bertz CT molecular complexity index is 407. The van der Waals surface area contributed by atoms with Gasteiger partial charge in [-0.25, -0.2) is 4.79 Å². The summed E-state index contributed by atoms with van der Waals surface area (Å²) in [4.78, 5) is 21.9. The molecular formula is C11H15N3O3. The monoisotopic (exact) mass is 237 g/mol. The van der Waals surface area contributed by atoms with Gasteiger partial charge in [-0.15, -0.1) is 0 Å². The summed E-state index contributed by atoms with van der Waals surface area (Å²) in [5.41, 5.74) is 0.615. The summed E-state index contributed by atoms with van der Waals surface area (Å²) in [5.74, 6) is 0.455. The van der Waals surface area contributed by atoms with Gasteiger partial charge in [0.15, 0.2) is 0 Å². The van der Waals surface area contributed by atoms with E-state index in [0.29, 0.717) is 11.4 Å². The first-order chi connectivity index (χ1) is 8.11. The van der Waals surface area contributed by atoms with Gasteiger partial charge in [0, 0.05) is 18.7 Å². The maximum absolute atomic E-state index is 11.4. The maximum Gasteiger partial charge on any atom is 0.320 e. The molecule has 0 spiro atoms. The lowest BCUT2D eigenvalue weighted by molar-refractivity contribution is -0.118. The van der Waals surface area contributed by atoms with E-state index in [4.69, 9.17) is 4.74 Å². The zero-order chi connectivity index (χ0) is 12.7. The van der Waals surface area contributed by atoms with Crippen LogP contribution in [0.2, 0.25) is 0 Å². The lowest BCUT2D eigenvalue weighted by Gasteiger charge is -2.08. The van der Waals surface area contributed by atoms with Crippen molar-refractivity contribution in [2.24, 2.45) is 0 Å². The number of amides is 3. The highest BCUT2D eigenvalue weighted by Gasteiger charge is 2.01. The largest absolute Gasteiger partial charge is 0.497 e. The Kier molecular flexibility index (Phi) is 4.80. The van der Waals surface area contributed by atoms with Crippen LogP contribution >= 0.6 is 0 Å². The third-order valence-corrected chi connectivity index (χ3v) is 1.91. The minimum absolute atomic E-state index is 0.0884. The van der Waals surface area contributed by atoms with E-state index in [1.165, 1.54) is 6.92 Å². The van der Waals surface area contributed by atoms with Gasteiger partial charge in [0.05, 0.1) is 13.8 Å². The van der Waals surface area contributed by atoms with Gasteiger partial charge in [-0.05, 0) is 12.1 Å². The smallest absolute Gasteiger partial charge is 0.320 e. The maximum atomic E-state index is 11.4. The number of nitrogens with one attached hydrogen (secondary N) is 3. The quantitative estimate of drug-likeness (QED) is 0.681. The van der Waals surface area contributed by atoms with Gasteiger partial charge in [0.25, 0.3) is 0 Å². The lowest BCUT2D eigenvalue weighted by atomic mass is 10.3. The molecule has 0 saturated carbocycles. The number of rotatable bonds is 4. The molecule has 0 fully saturated rings. The normalized spacial score (nSPS) is 9.29. The van der Waals surface area contributed by atoms with E-state index in [1.807, 2.05) is 0 Å². The zero-order valence-corrected chi connectivity index (χ0v) is 9.74. The highest BCUT2D eigenvalue weighted by Crippen LogP contribution is 2.16. The SMILES string of the molecule is COc1cccc(NC(=O)NCNC(C)=O)c1. The molecule has 1 aromatic carbocycles. The first-order valence-electron chi connectivity index (χ1n) is 5.05. The second-order valence-corrected chi connectivity index (χ2v) is 3.27. The lowest BCUT2D eigenvalue weighted by Crippen LogP contribution is -2.38. The molecule has 3 amide bonds. The standard InChI is InChI=1S/C11H15N3O3/c1-8(15)12-7-13-11(16)14-9-4-3-5-10(6-9)17-2/h3-6H,7H2,1-2H3,(H,12,15)(H2,13,14,16). The minimum Gasteiger partial charge on any atom is -0.497 e. The van der Waals surface area contributed by atoms with Crippen molar-refractivity contribution in [1.29, 1.82) is 0 Å². The van der Waals surface area contributed by atoms with Crippen molar-refractivity contribution in [2.75, 3.05) is 19.1 Å². The Balaban J connectivity index is 2.42. The van der Waals surface area contributed by atoms with Crippen molar-refractivity contribution in [1.82, 2.24) is 10.6 Å². The number of anilines is 1. The summed E-state index contributed by atoms with van der Waals surface area (Å²) in [7, 11) is 1.55. The van der Waals surface area contributed by atoms with Gasteiger partial charge in [-0.1, -0.05) is 6.07 Å². The predicted octanol–water partition coefficient (Wildman–Crippen LogP) is 0.910. The van der Waals surface area contributed by atoms with Gasteiger partial charge >= 0.3 is 6.03 Å². The topological polar surface area (TPSA) is 79.5 Å². The molecule has 0 aromatic heterocycles. The third-order valence-electron chi connectivity index (χ3n) is 1.91. The second kappa shape index (κ2) is 6.37. The first-order valence-corrected chi connectivity index (χ1v) is 5.05. The Hall–Kier alpha value is -2.24. The molecule has 0 aliphatic heterocycles. The van der Waals surface area contributed by atoms with Gasteiger partial charge < -0.3 is 20.7 Å². The van der Waals surface area contributed by atoms with Crippen molar-refractivity contribution in [3.63, 3.8) is 0 Å². The van der Waals surface area contributed by atoms with E-state index < -0.39 is 6.03 Å². The zero-order valence-electron chi connectivity index (χ0n) is 9.74. The number of ether oxygens (including phenoxy) is 1. The van der Waals surface area contributed by atoms with Crippen LogP contribution in [0, 0.1) is 0 Å². The summed E-state index contributed by atoms with van der Waals surface area (Å²) in [6.07, 6.45) is 0. The molecule has 3 N–H and O–H groups in total. The van der Waals surface area contributed by atoms with E-state index in [-0.39, 0.29) is 12.6 Å². The van der Waals surface area contributed by atoms with Crippen LogP contribution in [0.15, 0.2) is 24.3 Å². The molecule has 17 heavy (non-hydrogen) atoms. The van der Waals surface area contributed by atoms with Crippen molar-refractivity contribution in [2.45, 2.75) is 6.92 Å². The molecule has 0 bridgehead atoms. The summed E-state index contributed by atoms with van der Waals surface area (Å²) < 4.78 is 5.02. The molecule has 0 heterocycles. The summed E-state index contributed by atoms with van der Waals surface area (Å²) in [5, 5.41) is 7.54. The number of carbonyl (C=O) groups is 2. The Labute approximate surface area is 99.3 Å². The number of hydrogen-bond donors (Lipinski definition) is 3. The van der Waals surface area contributed by atoms with Crippen LogP contribution in [0.3, 0.4) is 0 Å². The van der Waals surface area contributed by atoms with Gasteiger partial charge in [-0.2, -0.15) is 0 Å². The number of hydrogen-bond acceptors (Lipinski definition) is 3. The average molecular weight is 237 g/mol. The van der Waals surface area contributed by atoms with E-state index in [0.717, 1.165) is 0 Å². The fourth-order valence-corrected chi connectivity index (χ4v) is 1.13. The minimum atomic E-state index is -0.396. The number of methoxy groups -OCH3 is 1. The fourth-order valence-electron chi connectivity index (χ4n) is 1.13. The van der Waals surface area contributed by atoms with Gasteiger partial charge in [-0.3, -0.25) is 4.79 Å². The Morgan fingerprint density at radius 1 is 1.29 bits per heavy atom. The molecule has 0 saturated heterocycles. The predicted molar refractivity (Wildman–Crippen MR) is 63.8 cm³/mol. The van der Waals surface area contributed by atoms with E-state index in [2.05, 4.69) is 16.0 Å². The number of urea groups is 1. The van der Waals surface area contributed by atoms with Crippen molar-refractivity contribution >= 4 is 17.6 Å². The molecule has 0 radical (unpaired) electrons. The first kappa shape index (κ1) is 12.8. The molecule has 0 aliphatic carbocycles. The van der Waals surface area contributed by atoms with Crippen LogP contribution in [-0.2, 0) is 4.79 Å². The molecule has 92 valence electrons. The molecule has 1 rings (SSSR count). The van der Waals surface area contributed by atoms with Crippen LogP contribution in [0.25, 0.3) is 0 Å². The van der Waals surface area contributed by atoms with E-state index in [9.17, 15) is 9.59 Å². The fraction of sp³-hybridized carbons (Fsp3) is 0.273. The van der Waals surface area contributed by atoms with Crippen LogP contribution < -0.4 is 20.7 Å². The highest BCUT2D eigenvalue weighted by molar-refractivity contribution is 5.89. The molecule has 0 unspecified atom stereocenters. The molecule has 6 nitrogen and oxygen atoms in total. The van der Waals surface area contributed by atoms with Gasteiger partial charge in [0.1, 0.15) is 5.75 Å². The molecule has 0 atom stereocenters. The Morgan fingerprint density at radius 2 is 2.06 bits per heavy atom. The van der Waals surface area contributed by atoms with Crippen molar-refractivity contribution in [3.05, 3.63) is 24.3 Å². The highest BCUT2D eigenvalue weighted by atomic mass is 16.5. The third kappa shape index (κ3) is 4.87. The summed E-state index contributed by atoms with van der Waals surface area (Å²) in [6, 6.07) is 6.58. The molecule has 0 aliphatic rings. The summed E-state index contributed by atoms with van der Waals surface area (Å²) >= 11 is 0. The second-order valence-electron chi connectivity index (χ2n) is 3.27. The molecular weight excluding hydrogens is 222 g/mol. The molecule has 1 aromatic rings. The average Bonchev–Trinajstić information content (AvgIpc) is 2.28. The van der Waals surface area contributed by atoms with Crippen LogP contribution in [0.5, 0.6) is 5.75 Å². The number of benzene rings is 1. The number of carbonyl (C=O) groups excluding carboxylic acids is 2. The van der Waals surface area contributed by atoms with Gasteiger partial charge in [0.2, 0.25) is 5.91 Å². The summed E-state index contributed by atoms with van der Waals surface area (Å²) in [6.45, 7) is 1.47.